The zero-order chi connectivity index (χ0) is 13.0. The summed E-state index contributed by atoms with van der Waals surface area (Å²) in [5.74, 6) is 0.826. The van der Waals surface area contributed by atoms with E-state index in [0.717, 1.165) is 18.0 Å². The molecule has 0 spiro atoms. The molecule has 1 saturated heterocycles. The van der Waals surface area contributed by atoms with E-state index in [9.17, 15) is 4.79 Å². The Morgan fingerprint density at radius 1 is 1.50 bits per heavy atom. The summed E-state index contributed by atoms with van der Waals surface area (Å²) in [6.07, 6.45) is 0.643. The fraction of sp³-hybridized carbons (Fsp3) is 0.462. The van der Waals surface area contributed by atoms with E-state index in [4.69, 9.17) is 10.5 Å². The molecule has 1 amide bonds. The summed E-state index contributed by atoms with van der Waals surface area (Å²) in [7, 11) is 1.64. The molecule has 1 atom stereocenters. The Labute approximate surface area is 107 Å². The van der Waals surface area contributed by atoms with Gasteiger partial charge >= 0.3 is 0 Å². The average Bonchev–Trinajstić information content (AvgIpc) is 2.41. The largest absolute Gasteiger partial charge is 0.495 e. The molecule has 5 nitrogen and oxygen atoms in total. The zero-order valence-corrected chi connectivity index (χ0v) is 10.6. The minimum atomic E-state index is -0.208. The Morgan fingerprint density at radius 2 is 2.28 bits per heavy atom. The number of hydrogen-bond donors (Lipinski definition) is 2. The third kappa shape index (κ3) is 2.41. The molecular formula is C13H19N3O2. The molecule has 5 heteroatoms. The first kappa shape index (κ1) is 12.7. The van der Waals surface area contributed by atoms with Gasteiger partial charge in [-0.05, 0) is 25.1 Å². The van der Waals surface area contributed by atoms with Crippen LogP contribution >= 0.6 is 0 Å². The molecule has 18 heavy (non-hydrogen) atoms. The van der Waals surface area contributed by atoms with Crippen LogP contribution in [0, 0.1) is 0 Å². The van der Waals surface area contributed by atoms with Crippen molar-refractivity contribution >= 4 is 11.6 Å². The van der Waals surface area contributed by atoms with E-state index in [1.165, 1.54) is 0 Å². The van der Waals surface area contributed by atoms with E-state index in [1.54, 1.807) is 7.11 Å². The predicted molar refractivity (Wildman–Crippen MR) is 70.8 cm³/mol. The van der Waals surface area contributed by atoms with E-state index < -0.39 is 0 Å². The molecule has 1 aliphatic heterocycles. The monoisotopic (exact) mass is 249 g/mol. The van der Waals surface area contributed by atoms with Gasteiger partial charge in [-0.1, -0.05) is 12.1 Å². The van der Waals surface area contributed by atoms with Crippen LogP contribution in [-0.2, 0) is 4.79 Å². The van der Waals surface area contributed by atoms with Crippen molar-refractivity contribution in [3.63, 3.8) is 0 Å². The Balaban J connectivity index is 2.31. The number of benzene rings is 1. The lowest BCUT2D eigenvalue weighted by atomic mass is 10.1. The number of nitrogens with two attached hydrogens (primary N) is 1. The van der Waals surface area contributed by atoms with Gasteiger partial charge in [0, 0.05) is 13.1 Å². The molecular weight excluding hydrogens is 230 g/mol. The summed E-state index contributed by atoms with van der Waals surface area (Å²) in [6, 6.07) is 7.54. The molecule has 3 N–H and O–H groups in total. The third-order valence-electron chi connectivity index (χ3n) is 3.17. The molecule has 0 aromatic heterocycles. The second-order valence-electron chi connectivity index (χ2n) is 4.25. The quantitative estimate of drug-likeness (QED) is 0.808. The van der Waals surface area contributed by atoms with Gasteiger partial charge in [0.05, 0.1) is 12.8 Å². The summed E-state index contributed by atoms with van der Waals surface area (Å²) in [6.45, 7) is 1.92. The smallest absolute Gasteiger partial charge is 0.242 e. The van der Waals surface area contributed by atoms with Gasteiger partial charge in [-0.25, -0.2) is 0 Å². The van der Waals surface area contributed by atoms with Gasteiger partial charge in [-0.15, -0.1) is 0 Å². The Bertz CT molecular complexity index is 422. The molecule has 1 aromatic carbocycles. The van der Waals surface area contributed by atoms with Crippen LogP contribution in [0.5, 0.6) is 5.75 Å². The van der Waals surface area contributed by atoms with Gasteiger partial charge in [0.25, 0.3) is 0 Å². The lowest BCUT2D eigenvalue weighted by molar-refractivity contribution is -0.123. The first-order valence-corrected chi connectivity index (χ1v) is 6.15. The second-order valence-corrected chi connectivity index (χ2v) is 4.25. The fourth-order valence-corrected chi connectivity index (χ4v) is 2.31. The van der Waals surface area contributed by atoms with E-state index in [0.29, 0.717) is 19.5 Å². The number of nitrogens with zero attached hydrogens (tertiary/aromatic N) is 1. The standard InChI is InChI=1S/C13H19N3O2/c1-18-12-5-3-2-4-10(12)16-9-8-15-13(17)11(16)6-7-14/h2-5,11H,6-9,14H2,1H3,(H,15,17). The van der Waals surface area contributed by atoms with Crippen LogP contribution in [0.4, 0.5) is 5.69 Å². The fourth-order valence-electron chi connectivity index (χ4n) is 2.31. The van der Waals surface area contributed by atoms with Gasteiger partial charge in [0.2, 0.25) is 5.91 Å². The number of para-hydroxylation sites is 2. The van der Waals surface area contributed by atoms with Gasteiger partial charge in [-0.3, -0.25) is 4.79 Å². The minimum absolute atomic E-state index is 0.0395. The number of carbonyl (C=O) groups excluding carboxylic acids is 1. The van der Waals surface area contributed by atoms with Crippen molar-refractivity contribution in [2.24, 2.45) is 5.73 Å². The SMILES string of the molecule is COc1ccccc1N1CCNC(=O)C1CCN. The third-order valence-corrected chi connectivity index (χ3v) is 3.17. The molecule has 0 bridgehead atoms. The van der Waals surface area contributed by atoms with Crippen molar-refractivity contribution in [1.82, 2.24) is 5.32 Å². The Kier molecular flexibility index (Phi) is 4.04. The highest BCUT2D eigenvalue weighted by Crippen LogP contribution is 2.30. The van der Waals surface area contributed by atoms with E-state index in [1.807, 2.05) is 24.3 Å². The molecule has 1 heterocycles. The van der Waals surface area contributed by atoms with Crippen molar-refractivity contribution < 1.29 is 9.53 Å². The van der Waals surface area contributed by atoms with Gasteiger partial charge in [0.15, 0.2) is 0 Å². The van der Waals surface area contributed by atoms with Crippen molar-refractivity contribution in [2.45, 2.75) is 12.5 Å². The Hall–Kier alpha value is -1.75. The van der Waals surface area contributed by atoms with Gasteiger partial charge < -0.3 is 20.7 Å². The number of rotatable bonds is 4. The number of methoxy groups -OCH3 is 1. The maximum absolute atomic E-state index is 11.9. The summed E-state index contributed by atoms with van der Waals surface area (Å²) in [5.41, 5.74) is 6.55. The highest BCUT2D eigenvalue weighted by molar-refractivity contribution is 5.87. The molecule has 0 aliphatic carbocycles. The highest BCUT2D eigenvalue weighted by Gasteiger charge is 2.30. The van der Waals surface area contributed by atoms with E-state index >= 15 is 0 Å². The molecule has 1 aromatic rings. The van der Waals surface area contributed by atoms with Crippen LogP contribution in [0.25, 0.3) is 0 Å². The van der Waals surface area contributed by atoms with Crippen LogP contribution in [0.2, 0.25) is 0 Å². The summed E-state index contributed by atoms with van der Waals surface area (Å²) in [4.78, 5) is 14.0. The minimum Gasteiger partial charge on any atom is -0.495 e. The summed E-state index contributed by atoms with van der Waals surface area (Å²) < 4.78 is 5.36. The molecule has 1 aliphatic rings. The van der Waals surface area contributed by atoms with Crippen molar-refractivity contribution in [3.8, 4) is 5.75 Å². The maximum Gasteiger partial charge on any atom is 0.242 e. The summed E-state index contributed by atoms with van der Waals surface area (Å²) in [5, 5.41) is 2.88. The lowest BCUT2D eigenvalue weighted by Crippen LogP contribution is -2.56. The zero-order valence-electron chi connectivity index (χ0n) is 10.6. The van der Waals surface area contributed by atoms with Crippen LogP contribution in [0.3, 0.4) is 0 Å². The first-order chi connectivity index (χ1) is 8.77. The topological polar surface area (TPSA) is 67.6 Å². The van der Waals surface area contributed by atoms with Gasteiger partial charge in [-0.2, -0.15) is 0 Å². The Morgan fingerprint density at radius 3 is 3.00 bits per heavy atom. The highest BCUT2D eigenvalue weighted by atomic mass is 16.5. The molecule has 0 saturated carbocycles. The van der Waals surface area contributed by atoms with Crippen molar-refractivity contribution in [2.75, 3.05) is 31.6 Å². The number of nitrogens with one attached hydrogen (secondary N) is 1. The molecule has 0 radical (unpaired) electrons. The maximum atomic E-state index is 11.9. The predicted octanol–water partition coefficient (Wildman–Crippen LogP) is 0.349. The number of piperazine rings is 1. The lowest BCUT2D eigenvalue weighted by Gasteiger charge is -2.37. The number of hydrogen-bond acceptors (Lipinski definition) is 4. The van der Waals surface area contributed by atoms with Crippen molar-refractivity contribution in [3.05, 3.63) is 24.3 Å². The van der Waals surface area contributed by atoms with E-state index in [2.05, 4.69) is 10.2 Å². The molecule has 98 valence electrons. The number of anilines is 1. The van der Waals surface area contributed by atoms with Crippen LogP contribution in [-0.4, -0.2) is 38.7 Å². The van der Waals surface area contributed by atoms with Crippen LogP contribution in [0.1, 0.15) is 6.42 Å². The van der Waals surface area contributed by atoms with Crippen LogP contribution in [0.15, 0.2) is 24.3 Å². The average molecular weight is 249 g/mol. The molecule has 1 unspecified atom stereocenters. The van der Waals surface area contributed by atoms with Gasteiger partial charge in [0.1, 0.15) is 11.8 Å². The van der Waals surface area contributed by atoms with Crippen molar-refractivity contribution in [1.29, 1.82) is 0 Å². The number of carbonyl (C=O) groups is 1. The first-order valence-electron chi connectivity index (χ1n) is 6.15. The number of ether oxygens (including phenoxy) is 1. The molecule has 1 fully saturated rings. The van der Waals surface area contributed by atoms with E-state index in [-0.39, 0.29) is 11.9 Å². The summed E-state index contributed by atoms with van der Waals surface area (Å²) >= 11 is 0. The van der Waals surface area contributed by atoms with Crippen LogP contribution < -0.4 is 20.7 Å². The number of amides is 1. The second kappa shape index (κ2) is 5.73. The molecule has 2 rings (SSSR count). The normalized spacial score (nSPS) is 19.6.